The van der Waals surface area contributed by atoms with E-state index in [1.165, 1.54) is 30.4 Å². The third kappa shape index (κ3) is 2.58. The first-order valence-electron chi connectivity index (χ1n) is 6.80. The number of hydrazine groups is 1. The van der Waals surface area contributed by atoms with Gasteiger partial charge in [0, 0.05) is 7.11 Å². The maximum atomic E-state index is 5.88. The van der Waals surface area contributed by atoms with Gasteiger partial charge in [-0.2, -0.15) is 0 Å². The zero-order valence-electron chi connectivity index (χ0n) is 11.4. The highest BCUT2D eigenvalue weighted by atomic mass is 16.5. The number of methoxy groups -OCH3 is 1. The van der Waals surface area contributed by atoms with Gasteiger partial charge in [0.2, 0.25) is 0 Å². The van der Waals surface area contributed by atoms with Crippen LogP contribution in [0.3, 0.4) is 0 Å². The summed E-state index contributed by atoms with van der Waals surface area (Å²) >= 11 is 0. The minimum Gasteiger partial charge on any atom is -0.376 e. The van der Waals surface area contributed by atoms with Crippen LogP contribution in [-0.4, -0.2) is 12.7 Å². The molecule has 3 N–H and O–H groups in total. The van der Waals surface area contributed by atoms with Crippen molar-refractivity contribution in [3.8, 4) is 0 Å². The molecule has 0 saturated heterocycles. The van der Waals surface area contributed by atoms with E-state index in [1.54, 1.807) is 0 Å². The Bertz CT molecular complexity index is 386. The molecule has 2 rings (SSSR count). The van der Waals surface area contributed by atoms with Gasteiger partial charge in [-0.25, -0.2) is 0 Å². The largest absolute Gasteiger partial charge is 0.376 e. The van der Waals surface area contributed by atoms with Crippen molar-refractivity contribution in [2.45, 2.75) is 50.7 Å². The molecule has 1 fully saturated rings. The van der Waals surface area contributed by atoms with E-state index < -0.39 is 0 Å². The van der Waals surface area contributed by atoms with E-state index in [1.807, 2.05) is 7.11 Å². The van der Waals surface area contributed by atoms with Crippen LogP contribution < -0.4 is 11.3 Å². The standard InChI is InChI=1S/C15H24N2O/c1-12-7-6-8-13(11-12)14(17-16)15(18-2)9-4-3-5-10-15/h6-8,11,14,17H,3-5,9-10,16H2,1-2H3. The molecule has 100 valence electrons. The van der Waals surface area contributed by atoms with Crippen molar-refractivity contribution in [2.75, 3.05) is 7.11 Å². The highest BCUT2D eigenvalue weighted by Crippen LogP contribution is 2.40. The fourth-order valence-corrected chi connectivity index (χ4v) is 3.16. The van der Waals surface area contributed by atoms with Gasteiger partial charge in [0.25, 0.3) is 0 Å². The molecule has 1 unspecified atom stereocenters. The molecule has 1 aromatic carbocycles. The number of aryl methyl sites for hydroxylation is 1. The molecule has 3 heteroatoms. The zero-order chi connectivity index (χ0) is 13.0. The van der Waals surface area contributed by atoms with Crippen LogP contribution in [0.15, 0.2) is 24.3 Å². The fraction of sp³-hybridized carbons (Fsp3) is 0.600. The van der Waals surface area contributed by atoms with Crippen molar-refractivity contribution in [3.05, 3.63) is 35.4 Å². The Labute approximate surface area is 110 Å². The quantitative estimate of drug-likeness (QED) is 0.636. The average Bonchev–Trinajstić information content (AvgIpc) is 2.41. The SMILES string of the molecule is COC1(C(NN)c2cccc(C)c2)CCCCC1. The maximum Gasteiger partial charge on any atom is 0.0885 e. The van der Waals surface area contributed by atoms with Crippen molar-refractivity contribution >= 4 is 0 Å². The summed E-state index contributed by atoms with van der Waals surface area (Å²) in [6.45, 7) is 2.11. The molecule has 0 bridgehead atoms. The molecule has 0 amide bonds. The normalized spacial score (nSPS) is 20.6. The third-order valence-electron chi connectivity index (χ3n) is 4.17. The van der Waals surface area contributed by atoms with E-state index in [0.717, 1.165) is 12.8 Å². The van der Waals surface area contributed by atoms with Crippen molar-refractivity contribution in [3.63, 3.8) is 0 Å². The Morgan fingerprint density at radius 1 is 1.28 bits per heavy atom. The van der Waals surface area contributed by atoms with Gasteiger partial charge in [-0.15, -0.1) is 0 Å². The Kier molecular flexibility index (Phi) is 4.38. The van der Waals surface area contributed by atoms with Crippen LogP contribution >= 0.6 is 0 Å². The molecule has 0 heterocycles. The predicted molar refractivity (Wildman–Crippen MR) is 74.1 cm³/mol. The maximum absolute atomic E-state index is 5.88. The Balaban J connectivity index is 2.31. The van der Waals surface area contributed by atoms with E-state index in [0.29, 0.717) is 0 Å². The molecule has 1 saturated carbocycles. The number of benzene rings is 1. The number of rotatable bonds is 4. The highest BCUT2D eigenvalue weighted by Gasteiger charge is 2.40. The van der Waals surface area contributed by atoms with Crippen LogP contribution in [0.1, 0.15) is 49.3 Å². The summed E-state index contributed by atoms with van der Waals surface area (Å²) in [5, 5.41) is 0. The first kappa shape index (κ1) is 13.5. The average molecular weight is 248 g/mol. The third-order valence-corrected chi connectivity index (χ3v) is 4.17. The van der Waals surface area contributed by atoms with Crippen LogP contribution in [0.2, 0.25) is 0 Å². The lowest BCUT2D eigenvalue weighted by atomic mass is 9.76. The van der Waals surface area contributed by atoms with Crippen LogP contribution in [0, 0.1) is 6.92 Å². The van der Waals surface area contributed by atoms with Crippen molar-refractivity contribution < 1.29 is 4.74 Å². The van der Waals surface area contributed by atoms with E-state index in [9.17, 15) is 0 Å². The number of hydrogen-bond donors (Lipinski definition) is 2. The molecule has 1 aromatic rings. The van der Waals surface area contributed by atoms with Gasteiger partial charge in [-0.3, -0.25) is 11.3 Å². The minimum absolute atomic E-state index is 0.0719. The highest BCUT2D eigenvalue weighted by molar-refractivity contribution is 5.27. The summed E-state index contributed by atoms with van der Waals surface area (Å²) in [6, 6.07) is 8.59. The van der Waals surface area contributed by atoms with E-state index in [-0.39, 0.29) is 11.6 Å². The van der Waals surface area contributed by atoms with Crippen LogP contribution in [-0.2, 0) is 4.74 Å². The summed E-state index contributed by atoms with van der Waals surface area (Å²) in [5.41, 5.74) is 5.31. The number of nitrogens with two attached hydrogens (primary N) is 1. The van der Waals surface area contributed by atoms with E-state index in [4.69, 9.17) is 10.6 Å². The minimum atomic E-state index is -0.152. The monoisotopic (exact) mass is 248 g/mol. The van der Waals surface area contributed by atoms with Crippen LogP contribution in [0.4, 0.5) is 0 Å². The Hall–Kier alpha value is -0.900. The molecular formula is C15H24N2O. The molecule has 1 aliphatic rings. The fourth-order valence-electron chi connectivity index (χ4n) is 3.16. The second-order valence-electron chi connectivity index (χ2n) is 5.34. The molecule has 1 aliphatic carbocycles. The smallest absolute Gasteiger partial charge is 0.0885 e. The summed E-state index contributed by atoms with van der Waals surface area (Å²) in [5.74, 6) is 5.82. The van der Waals surface area contributed by atoms with Gasteiger partial charge in [0.1, 0.15) is 0 Å². The molecule has 0 aromatic heterocycles. The molecule has 0 spiro atoms. The molecule has 0 radical (unpaired) electrons. The first-order chi connectivity index (χ1) is 8.72. The number of ether oxygens (including phenoxy) is 1. The second kappa shape index (κ2) is 5.83. The molecule has 1 atom stereocenters. The zero-order valence-corrected chi connectivity index (χ0v) is 11.4. The summed E-state index contributed by atoms with van der Waals surface area (Å²) in [7, 11) is 1.81. The summed E-state index contributed by atoms with van der Waals surface area (Å²) in [4.78, 5) is 0. The Morgan fingerprint density at radius 2 is 2.00 bits per heavy atom. The topological polar surface area (TPSA) is 47.3 Å². The first-order valence-corrected chi connectivity index (χ1v) is 6.80. The van der Waals surface area contributed by atoms with Gasteiger partial charge in [-0.1, -0.05) is 49.1 Å². The van der Waals surface area contributed by atoms with E-state index in [2.05, 4.69) is 36.6 Å². The lowest BCUT2D eigenvalue weighted by molar-refractivity contribution is -0.0688. The van der Waals surface area contributed by atoms with Crippen molar-refractivity contribution in [1.82, 2.24) is 5.43 Å². The van der Waals surface area contributed by atoms with Crippen molar-refractivity contribution in [1.29, 1.82) is 0 Å². The van der Waals surface area contributed by atoms with Crippen LogP contribution in [0.25, 0.3) is 0 Å². The molecule has 3 nitrogen and oxygen atoms in total. The lowest BCUT2D eigenvalue weighted by Gasteiger charge is -2.42. The molecular weight excluding hydrogens is 224 g/mol. The van der Waals surface area contributed by atoms with Gasteiger partial charge in [0.05, 0.1) is 11.6 Å². The van der Waals surface area contributed by atoms with Gasteiger partial charge in [0.15, 0.2) is 0 Å². The second-order valence-corrected chi connectivity index (χ2v) is 5.34. The van der Waals surface area contributed by atoms with Crippen molar-refractivity contribution in [2.24, 2.45) is 5.84 Å². The van der Waals surface area contributed by atoms with E-state index >= 15 is 0 Å². The summed E-state index contributed by atoms with van der Waals surface area (Å²) < 4.78 is 5.88. The van der Waals surface area contributed by atoms with Gasteiger partial charge in [-0.05, 0) is 25.3 Å². The number of hydrogen-bond acceptors (Lipinski definition) is 3. The molecule has 18 heavy (non-hydrogen) atoms. The molecule has 0 aliphatic heterocycles. The van der Waals surface area contributed by atoms with Gasteiger partial charge < -0.3 is 4.74 Å². The Morgan fingerprint density at radius 3 is 2.56 bits per heavy atom. The lowest BCUT2D eigenvalue weighted by Crippen LogP contribution is -2.49. The van der Waals surface area contributed by atoms with Gasteiger partial charge >= 0.3 is 0 Å². The number of nitrogens with one attached hydrogen (secondary N) is 1. The predicted octanol–water partition coefficient (Wildman–Crippen LogP) is 2.85. The summed E-state index contributed by atoms with van der Waals surface area (Å²) in [6.07, 6.45) is 5.89. The van der Waals surface area contributed by atoms with Crippen LogP contribution in [0.5, 0.6) is 0 Å².